The molecule has 0 atom stereocenters. The number of furan rings is 1. The molecule has 2 rings (SSSR count). The number of rotatable bonds is 7. The predicted molar refractivity (Wildman–Crippen MR) is 88.4 cm³/mol. The number of ether oxygens (including phenoxy) is 1. The molecule has 0 fully saturated rings. The molecule has 0 unspecified atom stereocenters. The summed E-state index contributed by atoms with van der Waals surface area (Å²) in [5.74, 6) is 0.0482. The second-order valence-corrected chi connectivity index (χ2v) is 5.09. The first kappa shape index (κ1) is 18.1. The van der Waals surface area contributed by atoms with E-state index in [0.717, 1.165) is 0 Å². The van der Waals surface area contributed by atoms with E-state index >= 15 is 0 Å². The SMILES string of the molecule is COc1ccc(C(=O)NNC(=O)CCC(=O)NCc2ccco2)cc1. The van der Waals surface area contributed by atoms with Gasteiger partial charge >= 0.3 is 0 Å². The van der Waals surface area contributed by atoms with Crippen LogP contribution in [0.5, 0.6) is 5.75 Å². The van der Waals surface area contributed by atoms with Gasteiger partial charge < -0.3 is 14.5 Å². The van der Waals surface area contributed by atoms with Gasteiger partial charge in [0.05, 0.1) is 19.9 Å². The first-order valence-electron chi connectivity index (χ1n) is 7.61. The molecule has 0 saturated heterocycles. The number of amides is 3. The normalized spacial score (nSPS) is 9.96. The van der Waals surface area contributed by atoms with Gasteiger partial charge in [0.15, 0.2) is 0 Å². The van der Waals surface area contributed by atoms with E-state index in [4.69, 9.17) is 9.15 Å². The van der Waals surface area contributed by atoms with Crippen molar-refractivity contribution in [2.45, 2.75) is 19.4 Å². The lowest BCUT2D eigenvalue weighted by Gasteiger charge is -2.08. The van der Waals surface area contributed by atoms with Crippen LogP contribution in [0.3, 0.4) is 0 Å². The summed E-state index contributed by atoms with van der Waals surface area (Å²) in [6, 6.07) is 9.88. The lowest BCUT2D eigenvalue weighted by Crippen LogP contribution is -2.42. The number of benzene rings is 1. The lowest BCUT2D eigenvalue weighted by atomic mass is 10.2. The van der Waals surface area contributed by atoms with Crippen LogP contribution in [0, 0.1) is 0 Å². The van der Waals surface area contributed by atoms with Gasteiger partial charge in [0.1, 0.15) is 11.5 Å². The highest BCUT2D eigenvalue weighted by Gasteiger charge is 2.10. The van der Waals surface area contributed by atoms with Crippen molar-refractivity contribution < 1.29 is 23.5 Å². The van der Waals surface area contributed by atoms with Crippen molar-refractivity contribution in [3.05, 3.63) is 54.0 Å². The summed E-state index contributed by atoms with van der Waals surface area (Å²) in [5, 5.41) is 2.63. The zero-order valence-electron chi connectivity index (χ0n) is 13.7. The Bertz CT molecular complexity index is 710. The van der Waals surface area contributed by atoms with Crippen molar-refractivity contribution in [2.24, 2.45) is 0 Å². The summed E-state index contributed by atoms with van der Waals surface area (Å²) < 4.78 is 10.1. The number of carbonyl (C=O) groups is 3. The molecule has 8 nitrogen and oxygen atoms in total. The molecule has 0 saturated carbocycles. The molecule has 1 aromatic heterocycles. The fraction of sp³-hybridized carbons (Fsp3) is 0.235. The van der Waals surface area contributed by atoms with Crippen LogP contribution >= 0.6 is 0 Å². The molecular weight excluding hydrogens is 326 g/mol. The highest BCUT2D eigenvalue weighted by atomic mass is 16.5. The van der Waals surface area contributed by atoms with Crippen molar-refractivity contribution in [2.75, 3.05) is 7.11 Å². The first-order valence-corrected chi connectivity index (χ1v) is 7.61. The average Bonchev–Trinajstić information content (AvgIpc) is 3.16. The Kier molecular flexibility index (Phi) is 6.58. The van der Waals surface area contributed by atoms with Crippen molar-refractivity contribution >= 4 is 17.7 Å². The van der Waals surface area contributed by atoms with Gasteiger partial charge in [-0.1, -0.05) is 0 Å². The van der Waals surface area contributed by atoms with E-state index in [9.17, 15) is 14.4 Å². The molecule has 0 spiro atoms. The van der Waals surface area contributed by atoms with Crippen LogP contribution in [0.2, 0.25) is 0 Å². The molecule has 0 aliphatic rings. The molecule has 0 aliphatic carbocycles. The zero-order chi connectivity index (χ0) is 18.1. The van der Waals surface area contributed by atoms with E-state index in [0.29, 0.717) is 17.1 Å². The van der Waals surface area contributed by atoms with Gasteiger partial charge in [-0.2, -0.15) is 0 Å². The summed E-state index contributed by atoms with van der Waals surface area (Å²) in [4.78, 5) is 35.2. The Labute approximate surface area is 144 Å². The Morgan fingerprint density at radius 3 is 2.36 bits per heavy atom. The van der Waals surface area contributed by atoms with Crippen LogP contribution in [-0.4, -0.2) is 24.8 Å². The predicted octanol–water partition coefficient (Wildman–Crippen LogP) is 1.15. The van der Waals surface area contributed by atoms with E-state index in [-0.39, 0.29) is 25.3 Å². The summed E-state index contributed by atoms with van der Waals surface area (Å²) in [7, 11) is 1.53. The van der Waals surface area contributed by atoms with Crippen molar-refractivity contribution in [1.29, 1.82) is 0 Å². The number of carbonyl (C=O) groups excluding carboxylic acids is 3. The molecule has 0 bridgehead atoms. The van der Waals surface area contributed by atoms with Crippen molar-refractivity contribution in [3.63, 3.8) is 0 Å². The van der Waals surface area contributed by atoms with Gasteiger partial charge in [-0.05, 0) is 36.4 Å². The highest BCUT2D eigenvalue weighted by Crippen LogP contribution is 2.10. The standard InChI is InChI=1S/C17H19N3O5/c1-24-13-6-4-12(5-7-13)17(23)20-19-16(22)9-8-15(21)18-11-14-3-2-10-25-14/h2-7,10H,8-9,11H2,1H3,(H,18,21)(H,19,22)(H,20,23). The second kappa shape index (κ2) is 9.11. The fourth-order valence-electron chi connectivity index (χ4n) is 1.92. The van der Waals surface area contributed by atoms with E-state index in [1.54, 1.807) is 36.4 Å². The quantitative estimate of drug-likeness (QED) is 0.652. The summed E-state index contributed by atoms with van der Waals surface area (Å²) in [6.45, 7) is 0.266. The van der Waals surface area contributed by atoms with Crippen LogP contribution in [0.25, 0.3) is 0 Å². The molecule has 3 amide bonds. The van der Waals surface area contributed by atoms with Gasteiger partial charge in [-0.25, -0.2) is 0 Å². The van der Waals surface area contributed by atoms with Gasteiger partial charge in [-0.15, -0.1) is 0 Å². The molecule has 25 heavy (non-hydrogen) atoms. The van der Waals surface area contributed by atoms with Crippen LogP contribution in [-0.2, 0) is 16.1 Å². The minimum Gasteiger partial charge on any atom is -0.497 e. The molecule has 0 radical (unpaired) electrons. The maximum Gasteiger partial charge on any atom is 0.269 e. The Morgan fingerprint density at radius 2 is 1.72 bits per heavy atom. The number of hydrogen-bond acceptors (Lipinski definition) is 5. The van der Waals surface area contributed by atoms with E-state index < -0.39 is 11.8 Å². The van der Waals surface area contributed by atoms with Crippen LogP contribution in [0.15, 0.2) is 47.1 Å². The molecule has 8 heteroatoms. The van der Waals surface area contributed by atoms with Gasteiger partial charge in [0.25, 0.3) is 5.91 Å². The molecule has 132 valence electrons. The van der Waals surface area contributed by atoms with E-state index in [2.05, 4.69) is 16.2 Å². The lowest BCUT2D eigenvalue weighted by molar-refractivity contribution is -0.126. The maximum atomic E-state index is 11.9. The molecule has 0 aliphatic heterocycles. The molecule has 2 aromatic rings. The summed E-state index contributed by atoms with van der Waals surface area (Å²) in [6.07, 6.45) is 1.47. The molecular formula is C17H19N3O5. The third kappa shape index (κ3) is 6.02. The van der Waals surface area contributed by atoms with Crippen LogP contribution < -0.4 is 20.9 Å². The van der Waals surface area contributed by atoms with E-state index in [1.165, 1.54) is 13.4 Å². The second-order valence-electron chi connectivity index (χ2n) is 5.09. The first-order chi connectivity index (χ1) is 12.1. The zero-order valence-corrected chi connectivity index (χ0v) is 13.7. The molecule has 1 aromatic carbocycles. The number of hydrogen-bond donors (Lipinski definition) is 3. The molecule has 1 heterocycles. The average molecular weight is 345 g/mol. The van der Waals surface area contributed by atoms with E-state index in [1.807, 2.05) is 0 Å². The third-order valence-corrected chi connectivity index (χ3v) is 3.29. The highest BCUT2D eigenvalue weighted by molar-refractivity contribution is 5.95. The third-order valence-electron chi connectivity index (χ3n) is 3.29. The van der Waals surface area contributed by atoms with Crippen molar-refractivity contribution in [3.8, 4) is 5.75 Å². The Morgan fingerprint density at radius 1 is 1.00 bits per heavy atom. The Hall–Kier alpha value is -3.29. The van der Waals surface area contributed by atoms with Gasteiger partial charge in [0.2, 0.25) is 11.8 Å². The monoisotopic (exact) mass is 345 g/mol. The minimum absolute atomic E-state index is 0.00491. The minimum atomic E-state index is -0.463. The smallest absolute Gasteiger partial charge is 0.269 e. The van der Waals surface area contributed by atoms with Gasteiger partial charge in [0, 0.05) is 18.4 Å². The van der Waals surface area contributed by atoms with Crippen molar-refractivity contribution in [1.82, 2.24) is 16.2 Å². The topological polar surface area (TPSA) is 110 Å². The van der Waals surface area contributed by atoms with Crippen LogP contribution in [0.1, 0.15) is 29.0 Å². The molecule has 3 N–H and O–H groups in total. The maximum absolute atomic E-state index is 11.9. The summed E-state index contributed by atoms with van der Waals surface area (Å²) in [5.41, 5.74) is 4.93. The van der Waals surface area contributed by atoms with Gasteiger partial charge in [-0.3, -0.25) is 25.2 Å². The van der Waals surface area contributed by atoms with Crippen LogP contribution in [0.4, 0.5) is 0 Å². The number of methoxy groups -OCH3 is 1. The summed E-state index contributed by atoms with van der Waals surface area (Å²) >= 11 is 0. The largest absolute Gasteiger partial charge is 0.497 e. The number of hydrazine groups is 1. The number of nitrogens with one attached hydrogen (secondary N) is 3. The fourth-order valence-corrected chi connectivity index (χ4v) is 1.92. The Balaban J connectivity index is 1.65.